The Morgan fingerprint density at radius 3 is 2.44 bits per heavy atom. The van der Waals surface area contributed by atoms with Crippen LogP contribution >= 0.6 is 8.18 Å². The molecule has 0 aliphatic rings. The van der Waals surface area contributed by atoms with Crippen LogP contribution in [0.5, 0.6) is 5.75 Å². The van der Waals surface area contributed by atoms with Crippen LogP contribution in [-0.4, -0.2) is 0 Å². The van der Waals surface area contributed by atoms with Crippen molar-refractivity contribution in [3.63, 3.8) is 0 Å². The lowest BCUT2D eigenvalue weighted by molar-refractivity contribution is 0.508. The Labute approximate surface area is 108 Å². The van der Waals surface area contributed by atoms with Crippen molar-refractivity contribution >= 4 is 13.9 Å². The van der Waals surface area contributed by atoms with Gasteiger partial charge in [0.1, 0.15) is 5.75 Å². The zero-order valence-electron chi connectivity index (χ0n) is 10.4. The summed E-state index contributed by atoms with van der Waals surface area (Å²) in [5, 5.41) is 2.86. The van der Waals surface area contributed by atoms with Gasteiger partial charge in [0.2, 0.25) is 0 Å². The largest absolute Gasteiger partial charge is 0.430 e. The second-order valence-corrected chi connectivity index (χ2v) is 5.11. The van der Waals surface area contributed by atoms with Crippen molar-refractivity contribution in [2.75, 3.05) is 5.09 Å². The minimum atomic E-state index is -2.33. The molecule has 4 heteroatoms. The summed E-state index contributed by atoms with van der Waals surface area (Å²) in [6, 6.07) is 15.1. The second-order valence-electron chi connectivity index (χ2n) is 4.08. The summed E-state index contributed by atoms with van der Waals surface area (Å²) in [7, 11) is -2.33. The van der Waals surface area contributed by atoms with E-state index in [1.807, 2.05) is 62.4 Å². The van der Waals surface area contributed by atoms with Crippen LogP contribution in [0.15, 0.2) is 48.5 Å². The zero-order valence-corrected chi connectivity index (χ0v) is 11.4. The van der Waals surface area contributed by atoms with Gasteiger partial charge in [-0.25, -0.2) is 0 Å². The zero-order chi connectivity index (χ0) is 13.0. The van der Waals surface area contributed by atoms with Crippen LogP contribution in [-0.2, 0) is 4.57 Å². The van der Waals surface area contributed by atoms with Crippen LogP contribution in [0.25, 0.3) is 0 Å². The monoisotopic (exact) mass is 261 g/mol. The molecule has 3 nitrogen and oxygen atoms in total. The van der Waals surface area contributed by atoms with Gasteiger partial charge in [-0.3, -0.25) is 4.57 Å². The van der Waals surface area contributed by atoms with Gasteiger partial charge in [0.05, 0.1) is 0 Å². The number of hydrogen-bond donors (Lipinski definition) is 1. The minimum Gasteiger partial charge on any atom is -0.430 e. The van der Waals surface area contributed by atoms with E-state index in [9.17, 15) is 4.57 Å². The summed E-state index contributed by atoms with van der Waals surface area (Å²) in [6.45, 7) is 3.96. The third kappa shape index (κ3) is 3.14. The summed E-state index contributed by atoms with van der Waals surface area (Å²) < 4.78 is 17.4. The third-order valence-corrected chi connectivity index (χ3v) is 3.68. The molecule has 1 unspecified atom stereocenters. The summed E-state index contributed by atoms with van der Waals surface area (Å²) >= 11 is 0. The van der Waals surface area contributed by atoms with E-state index in [0.717, 1.165) is 16.8 Å². The van der Waals surface area contributed by atoms with E-state index < -0.39 is 8.18 Å². The van der Waals surface area contributed by atoms with E-state index in [-0.39, 0.29) is 0 Å². The fraction of sp³-hybridized carbons (Fsp3) is 0.143. The summed E-state index contributed by atoms with van der Waals surface area (Å²) in [6.07, 6.45) is 0. The maximum Gasteiger partial charge on any atom is 0.329 e. The molecule has 18 heavy (non-hydrogen) atoms. The summed E-state index contributed by atoms with van der Waals surface area (Å²) in [4.78, 5) is 0. The highest BCUT2D eigenvalue weighted by Gasteiger charge is 2.05. The predicted molar refractivity (Wildman–Crippen MR) is 75.6 cm³/mol. The van der Waals surface area contributed by atoms with Gasteiger partial charge in [-0.05, 0) is 43.2 Å². The highest BCUT2D eigenvalue weighted by atomic mass is 31.1. The van der Waals surface area contributed by atoms with Crippen molar-refractivity contribution in [2.45, 2.75) is 13.8 Å². The van der Waals surface area contributed by atoms with Crippen LogP contribution in [0.2, 0.25) is 0 Å². The van der Waals surface area contributed by atoms with Gasteiger partial charge < -0.3 is 9.61 Å². The lowest BCUT2D eigenvalue weighted by atomic mass is 10.1. The number of nitrogens with one attached hydrogen (secondary N) is 1. The van der Waals surface area contributed by atoms with Crippen molar-refractivity contribution in [1.82, 2.24) is 0 Å². The highest BCUT2D eigenvalue weighted by Crippen LogP contribution is 2.31. The third-order valence-electron chi connectivity index (χ3n) is 2.78. The lowest BCUT2D eigenvalue weighted by Crippen LogP contribution is -1.94. The van der Waals surface area contributed by atoms with E-state index in [2.05, 4.69) is 5.09 Å². The van der Waals surface area contributed by atoms with Crippen LogP contribution in [0.4, 0.5) is 5.69 Å². The molecule has 1 atom stereocenters. The number of rotatable bonds is 4. The van der Waals surface area contributed by atoms with Gasteiger partial charge in [0, 0.05) is 5.69 Å². The quantitative estimate of drug-likeness (QED) is 0.839. The van der Waals surface area contributed by atoms with Crippen molar-refractivity contribution in [2.24, 2.45) is 0 Å². The maximum atomic E-state index is 11.9. The normalized spacial score (nSPS) is 11.9. The number of benzene rings is 2. The van der Waals surface area contributed by atoms with Crippen LogP contribution < -0.4 is 9.61 Å². The van der Waals surface area contributed by atoms with Gasteiger partial charge in [0.15, 0.2) is 0 Å². The molecule has 0 spiro atoms. The number of para-hydroxylation sites is 1. The molecule has 0 heterocycles. The number of hydrogen-bond acceptors (Lipinski definition) is 2. The van der Waals surface area contributed by atoms with Crippen LogP contribution in [0, 0.1) is 13.8 Å². The van der Waals surface area contributed by atoms with E-state index in [0.29, 0.717) is 5.75 Å². The molecule has 0 aliphatic heterocycles. The van der Waals surface area contributed by atoms with Gasteiger partial charge >= 0.3 is 8.18 Å². The molecule has 0 bridgehead atoms. The molecule has 0 aromatic heterocycles. The molecule has 2 rings (SSSR count). The molecule has 0 radical (unpaired) electrons. The van der Waals surface area contributed by atoms with Crippen molar-refractivity contribution < 1.29 is 9.09 Å². The summed E-state index contributed by atoms with van der Waals surface area (Å²) in [5.41, 5.74) is 2.94. The fourth-order valence-corrected chi connectivity index (χ4v) is 2.47. The Morgan fingerprint density at radius 1 is 1.00 bits per heavy atom. The molecule has 94 valence electrons. The first-order chi connectivity index (χ1) is 8.66. The lowest BCUT2D eigenvalue weighted by Gasteiger charge is -2.11. The molecule has 0 amide bonds. The van der Waals surface area contributed by atoms with E-state index in [1.165, 1.54) is 0 Å². The average Bonchev–Trinajstić information content (AvgIpc) is 2.36. The Hall–Kier alpha value is -1.73. The first-order valence-corrected chi connectivity index (χ1v) is 7.08. The van der Waals surface area contributed by atoms with Gasteiger partial charge in [-0.1, -0.05) is 30.3 Å². The molecular formula is C14H16NO2P. The molecule has 2 aromatic rings. The Balaban J connectivity index is 2.06. The van der Waals surface area contributed by atoms with Gasteiger partial charge in [0.25, 0.3) is 0 Å². The summed E-state index contributed by atoms with van der Waals surface area (Å²) in [5.74, 6) is 0.669. The van der Waals surface area contributed by atoms with Crippen molar-refractivity contribution in [3.05, 3.63) is 59.7 Å². The first-order valence-electron chi connectivity index (χ1n) is 5.77. The minimum absolute atomic E-state index is 0.669. The first kappa shape index (κ1) is 12.7. The average molecular weight is 261 g/mol. The second kappa shape index (κ2) is 5.74. The number of anilines is 1. The molecule has 2 aromatic carbocycles. The van der Waals surface area contributed by atoms with E-state index in [1.54, 1.807) is 0 Å². The van der Waals surface area contributed by atoms with Crippen LogP contribution in [0.3, 0.4) is 0 Å². The predicted octanol–water partition coefficient (Wildman–Crippen LogP) is 4.18. The van der Waals surface area contributed by atoms with Crippen LogP contribution in [0.1, 0.15) is 11.1 Å². The van der Waals surface area contributed by atoms with Crippen molar-refractivity contribution in [1.29, 1.82) is 0 Å². The Bertz CT molecular complexity index is 555. The van der Waals surface area contributed by atoms with Crippen molar-refractivity contribution in [3.8, 4) is 5.75 Å². The Morgan fingerprint density at radius 2 is 1.72 bits per heavy atom. The van der Waals surface area contributed by atoms with Gasteiger partial charge in [-0.2, -0.15) is 0 Å². The standard InChI is InChI=1S/C14H16NO2P/c1-11-7-6-10-14(12(11)2)17-18(16)15-13-8-4-3-5-9-13/h3-10,18H,1-2H3,(H,15,16). The smallest absolute Gasteiger partial charge is 0.329 e. The topological polar surface area (TPSA) is 38.3 Å². The highest BCUT2D eigenvalue weighted by molar-refractivity contribution is 7.41. The maximum absolute atomic E-state index is 11.9. The molecule has 0 fully saturated rings. The number of aryl methyl sites for hydroxylation is 1. The molecule has 0 aliphatic carbocycles. The fourth-order valence-electron chi connectivity index (χ4n) is 1.60. The van der Waals surface area contributed by atoms with Gasteiger partial charge in [-0.15, -0.1) is 0 Å². The van der Waals surface area contributed by atoms with E-state index >= 15 is 0 Å². The SMILES string of the molecule is Cc1cccc(O[PH](=O)Nc2ccccc2)c1C. The molecule has 0 saturated carbocycles. The van der Waals surface area contributed by atoms with E-state index in [4.69, 9.17) is 4.52 Å². The molecule has 1 N–H and O–H groups in total. The molecule has 0 saturated heterocycles. The Kier molecular flexibility index (Phi) is 4.06. The molecular weight excluding hydrogens is 245 g/mol.